The maximum atomic E-state index is 14.0. The molecule has 2 N–H and O–H groups in total. The largest absolute Gasteiger partial charge is 0.358 e. The Labute approximate surface area is 258 Å². The molecule has 0 spiro atoms. The number of aromatic nitrogens is 2. The van der Waals surface area contributed by atoms with Crippen molar-refractivity contribution in [2.24, 2.45) is 0 Å². The van der Waals surface area contributed by atoms with Crippen LogP contribution in [0.3, 0.4) is 0 Å². The lowest BCUT2D eigenvalue weighted by molar-refractivity contribution is 0.627. The Morgan fingerprint density at radius 2 is 1.17 bits per heavy atom. The summed E-state index contributed by atoms with van der Waals surface area (Å²) in [6, 6.07) is 12.2. The van der Waals surface area contributed by atoms with Crippen molar-refractivity contribution in [3.8, 4) is 0 Å². The van der Waals surface area contributed by atoms with Crippen molar-refractivity contribution < 1.29 is 0 Å². The van der Waals surface area contributed by atoms with E-state index in [2.05, 4.69) is 35.9 Å². The number of benzene rings is 2. The molecule has 0 saturated carbocycles. The molecule has 2 aromatic carbocycles. The minimum Gasteiger partial charge on any atom is -0.358 e. The zero-order valence-electron chi connectivity index (χ0n) is 25.4. The number of hydrogen-bond donors (Lipinski definition) is 2. The fraction of sp³-hybridized carbons (Fsp3) is 0.500. The smallest absolute Gasteiger partial charge is 0.194 e. The second-order valence-corrected chi connectivity index (χ2v) is 14.0. The van der Waals surface area contributed by atoms with Crippen LogP contribution in [-0.2, 0) is 12.8 Å². The van der Waals surface area contributed by atoms with Gasteiger partial charge in [-0.2, -0.15) is 0 Å². The summed E-state index contributed by atoms with van der Waals surface area (Å²) in [7, 11) is 0. The predicted molar refractivity (Wildman–Crippen MR) is 183 cm³/mol. The fourth-order valence-electron chi connectivity index (χ4n) is 6.17. The molecule has 2 aromatic heterocycles. The molecule has 0 amide bonds. The normalized spacial score (nSPS) is 12.6. The molecule has 4 nitrogen and oxygen atoms in total. The Hall–Kier alpha value is -2.44. The highest BCUT2D eigenvalue weighted by Crippen LogP contribution is 2.32. The summed E-state index contributed by atoms with van der Waals surface area (Å²) in [5, 5.41) is 1.55. The quantitative estimate of drug-likeness (QED) is 0.0871. The number of aromatic amines is 2. The number of H-pyrrole nitrogens is 2. The third-order valence-corrected chi connectivity index (χ3v) is 10.9. The lowest BCUT2D eigenvalue weighted by Crippen LogP contribution is -2.26. The minimum absolute atomic E-state index is 0.0932. The van der Waals surface area contributed by atoms with E-state index in [0.717, 1.165) is 65.6 Å². The summed E-state index contributed by atoms with van der Waals surface area (Å²) in [5.74, 6) is 2.08. The maximum absolute atomic E-state index is 14.0. The van der Waals surface area contributed by atoms with Crippen LogP contribution in [-0.4, -0.2) is 21.5 Å². The van der Waals surface area contributed by atoms with Gasteiger partial charge in [0, 0.05) is 50.5 Å². The summed E-state index contributed by atoms with van der Waals surface area (Å²) in [6.07, 6.45) is 16.2. The van der Waals surface area contributed by atoms with E-state index in [9.17, 15) is 9.59 Å². The van der Waals surface area contributed by atoms with Crippen LogP contribution in [0.5, 0.6) is 0 Å². The van der Waals surface area contributed by atoms with E-state index in [1.807, 2.05) is 36.0 Å². The Morgan fingerprint density at radius 1 is 0.619 bits per heavy atom. The van der Waals surface area contributed by atoms with E-state index >= 15 is 0 Å². The Balaban J connectivity index is 1.36. The van der Waals surface area contributed by atoms with Crippen molar-refractivity contribution in [2.45, 2.75) is 114 Å². The second-order valence-electron chi connectivity index (χ2n) is 11.8. The molecular weight excluding hydrogens is 557 g/mol. The number of rotatable bonds is 16. The molecule has 224 valence electrons. The molecular formula is C36H46N2O2S2. The standard InChI is InChI=1S/C36H46N2O2S2/c1-3-5-7-9-11-13-21-41-31-19-16-18-28-33(31)36(40)27-24-30-26(23-29(27)37-28)35(39)25-17-15-20-32(34(25)38-30)42-22-14-12-10-8-6-4-2/h15-20H,3-14,21-24H2,1-2H3,(H,37,40)(H,38,39). The van der Waals surface area contributed by atoms with Crippen LogP contribution in [0.1, 0.15) is 113 Å². The minimum atomic E-state index is 0.0932. The molecule has 1 aliphatic rings. The van der Waals surface area contributed by atoms with Gasteiger partial charge in [-0.25, -0.2) is 0 Å². The molecule has 0 fully saturated rings. The summed E-state index contributed by atoms with van der Waals surface area (Å²) in [5.41, 5.74) is 5.38. The van der Waals surface area contributed by atoms with Crippen LogP contribution in [0.25, 0.3) is 21.8 Å². The first kappa shape index (κ1) is 31.0. The molecule has 4 aromatic rings. The number of unbranched alkanes of at least 4 members (excludes halogenated alkanes) is 10. The van der Waals surface area contributed by atoms with Gasteiger partial charge in [0.05, 0.1) is 16.4 Å². The third-order valence-electron chi connectivity index (χ3n) is 8.58. The maximum Gasteiger partial charge on any atom is 0.194 e. The van der Waals surface area contributed by atoms with Gasteiger partial charge in [0.25, 0.3) is 0 Å². The Morgan fingerprint density at radius 3 is 1.86 bits per heavy atom. The second kappa shape index (κ2) is 15.3. The van der Waals surface area contributed by atoms with Gasteiger partial charge in [0.15, 0.2) is 10.9 Å². The van der Waals surface area contributed by atoms with Crippen LogP contribution < -0.4 is 10.9 Å². The molecule has 0 unspecified atom stereocenters. The number of pyridine rings is 2. The van der Waals surface area contributed by atoms with Crippen LogP contribution in [0.15, 0.2) is 55.8 Å². The molecule has 2 heterocycles. The molecule has 0 aliphatic heterocycles. The number of para-hydroxylation sites is 1. The van der Waals surface area contributed by atoms with E-state index < -0.39 is 0 Å². The van der Waals surface area contributed by atoms with E-state index in [4.69, 9.17) is 0 Å². The molecule has 5 rings (SSSR count). The first-order chi connectivity index (χ1) is 20.6. The topological polar surface area (TPSA) is 65.7 Å². The number of nitrogens with one attached hydrogen (secondary N) is 2. The summed E-state index contributed by atoms with van der Waals surface area (Å²) < 4.78 is 0. The van der Waals surface area contributed by atoms with E-state index in [0.29, 0.717) is 12.8 Å². The van der Waals surface area contributed by atoms with Gasteiger partial charge in [0.1, 0.15) is 0 Å². The van der Waals surface area contributed by atoms with Crippen LogP contribution in [0.4, 0.5) is 0 Å². The molecule has 42 heavy (non-hydrogen) atoms. The molecule has 0 saturated heterocycles. The first-order valence-corrected chi connectivity index (χ1v) is 18.2. The van der Waals surface area contributed by atoms with Crippen molar-refractivity contribution in [1.82, 2.24) is 9.97 Å². The van der Waals surface area contributed by atoms with Gasteiger partial charge in [-0.15, -0.1) is 23.5 Å². The van der Waals surface area contributed by atoms with Crippen LogP contribution in [0, 0.1) is 0 Å². The molecule has 6 heteroatoms. The molecule has 1 aliphatic carbocycles. The number of hydrogen-bond acceptors (Lipinski definition) is 4. The first-order valence-electron chi connectivity index (χ1n) is 16.2. The van der Waals surface area contributed by atoms with Crippen molar-refractivity contribution in [3.05, 3.63) is 79.4 Å². The van der Waals surface area contributed by atoms with Gasteiger partial charge in [-0.05, 0) is 48.6 Å². The zero-order chi connectivity index (χ0) is 29.3. The van der Waals surface area contributed by atoms with Crippen molar-refractivity contribution in [2.75, 3.05) is 11.5 Å². The predicted octanol–water partition coefficient (Wildman–Crippen LogP) is 9.77. The summed E-state index contributed by atoms with van der Waals surface area (Å²) in [6.45, 7) is 4.50. The van der Waals surface area contributed by atoms with Gasteiger partial charge >= 0.3 is 0 Å². The number of fused-ring (bicyclic) bond motifs is 4. The highest BCUT2D eigenvalue weighted by Gasteiger charge is 2.25. The van der Waals surface area contributed by atoms with Crippen molar-refractivity contribution >= 4 is 45.3 Å². The monoisotopic (exact) mass is 602 g/mol. The van der Waals surface area contributed by atoms with Gasteiger partial charge in [-0.1, -0.05) is 90.2 Å². The van der Waals surface area contributed by atoms with E-state index in [1.165, 1.54) is 77.0 Å². The van der Waals surface area contributed by atoms with Crippen LogP contribution >= 0.6 is 23.5 Å². The Bertz CT molecular complexity index is 1620. The van der Waals surface area contributed by atoms with Gasteiger partial charge in [-0.3, -0.25) is 9.59 Å². The molecule has 0 atom stereocenters. The SMILES string of the molecule is CCCCCCCCSc1cccc2c(=O)c3c([nH]c12)Cc1c([nH]c2cccc(SCCCCCCCC)c2c1=O)C3. The highest BCUT2D eigenvalue weighted by atomic mass is 32.2. The van der Waals surface area contributed by atoms with Gasteiger partial charge < -0.3 is 9.97 Å². The average Bonchev–Trinajstić information content (AvgIpc) is 3.00. The molecule has 0 bridgehead atoms. The zero-order valence-corrected chi connectivity index (χ0v) is 27.0. The van der Waals surface area contributed by atoms with Gasteiger partial charge in [0.2, 0.25) is 0 Å². The molecule has 0 radical (unpaired) electrons. The number of thioether (sulfide) groups is 2. The lowest BCUT2D eigenvalue weighted by Gasteiger charge is -2.21. The van der Waals surface area contributed by atoms with Crippen molar-refractivity contribution in [1.29, 1.82) is 0 Å². The summed E-state index contributed by atoms with van der Waals surface area (Å²) in [4.78, 5) is 37.1. The third kappa shape index (κ3) is 7.19. The van der Waals surface area contributed by atoms with Crippen molar-refractivity contribution in [3.63, 3.8) is 0 Å². The average molecular weight is 603 g/mol. The van der Waals surface area contributed by atoms with E-state index in [-0.39, 0.29) is 10.9 Å². The van der Waals surface area contributed by atoms with Crippen LogP contribution in [0.2, 0.25) is 0 Å². The fourth-order valence-corrected chi connectivity index (χ4v) is 8.31. The Kier molecular flexibility index (Phi) is 11.3. The van der Waals surface area contributed by atoms with E-state index in [1.54, 1.807) is 11.8 Å². The lowest BCUT2D eigenvalue weighted by atomic mass is 9.90. The summed E-state index contributed by atoms with van der Waals surface area (Å²) >= 11 is 3.64. The highest BCUT2D eigenvalue weighted by molar-refractivity contribution is 7.99.